The summed E-state index contributed by atoms with van der Waals surface area (Å²) >= 11 is 0. The minimum Gasteiger partial charge on any atom is -0.508 e. The van der Waals surface area contributed by atoms with Crippen molar-refractivity contribution in [1.82, 2.24) is 0 Å². The molecule has 0 saturated heterocycles. The van der Waals surface area contributed by atoms with Gasteiger partial charge in [0.1, 0.15) is 11.5 Å². The lowest BCUT2D eigenvalue weighted by atomic mass is 9.97. The molecule has 0 aliphatic rings. The average molecular weight is 228 g/mol. The second kappa shape index (κ2) is 4.50. The summed E-state index contributed by atoms with van der Waals surface area (Å²) in [5, 5.41) is 19.7. The van der Waals surface area contributed by atoms with Crippen LogP contribution in [0.4, 0.5) is 0 Å². The Morgan fingerprint density at radius 1 is 0.941 bits per heavy atom. The Bertz CT molecular complexity index is 521. The van der Waals surface area contributed by atoms with Crippen LogP contribution < -0.4 is 0 Å². The third-order valence-electron chi connectivity index (χ3n) is 2.95. The van der Waals surface area contributed by atoms with Gasteiger partial charge in [-0.25, -0.2) is 0 Å². The molecule has 0 saturated carbocycles. The number of aromatic hydroxyl groups is 2. The quantitative estimate of drug-likeness (QED) is 0.828. The highest BCUT2D eigenvalue weighted by atomic mass is 16.3. The fourth-order valence-electron chi connectivity index (χ4n) is 2.06. The van der Waals surface area contributed by atoms with Crippen molar-refractivity contribution < 1.29 is 10.2 Å². The summed E-state index contributed by atoms with van der Waals surface area (Å²) in [6.45, 7) is 3.93. The van der Waals surface area contributed by atoms with Gasteiger partial charge in [-0.2, -0.15) is 0 Å². The predicted octanol–water partition coefficient (Wildman–Crippen LogP) is 3.31. The molecule has 88 valence electrons. The molecule has 0 aromatic heterocycles. The molecule has 0 fully saturated rings. The van der Waals surface area contributed by atoms with Crippen molar-refractivity contribution in [3.8, 4) is 11.5 Å². The molecular weight excluding hydrogens is 212 g/mol. The van der Waals surface area contributed by atoms with Crippen molar-refractivity contribution in [3.05, 3.63) is 58.7 Å². The average Bonchev–Trinajstić information content (AvgIpc) is 2.25. The second-order valence-corrected chi connectivity index (χ2v) is 4.38. The number of hydrogen-bond donors (Lipinski definition) is 2. The fourth-order valence-corrected chi connectivity index (χ4v) is 2.06. The summed E-state index contributed by atoms with van der Waals surface area (Å²) in [5.74, 6) is 0.567. The van der Waals surface area contributed by atoms with E-state index in [-0.39, 0.29) is 5.75 Å². The van der Waals surface area contributed by atoms with E-state index in [0.29, 0.717) is 12.2 Å². The molecule has 2 nitrogen and oxygen atoms in total. The molecule has 0 unspecified atom stereocenters. The Morgan fingerprint density at radius 3 is 2.29 bits per heavy atom. The van der Waals surface area contributed by atoms with Crippen LogP contribution in [-0.4, -0.2) is 10.2 Å². The van der Waals surface area contributed by atoms with E-state index < -0.39 is 0 Å². The topological polar surface area (TPSA) is 40.5 Å². The molecule has 2 rings (SSSR count). The number of phenolic OH excluding ortho intramolecular Hbond substituents is 2. The van der Waals surface area contributed by atoms with Gasteiger partial charge in [0.2, 0.25) is 0 Å². The van der Waals surface area contributed by atoms with Gasteiger partial charge in [0.15, 0.2) is 0 Å². The van der Waals surface area contributed by atoms with Crippen LogP contribution in [0, 0.1) is 13.8 Å². The summed E-state index contributed by atoms with van der Waals surface area (Å²) in [6, 6.07) is 11.0. The highest BCUT2D eigenvalue weighted by Crippen LogP contribution is 2.28. The molecule has 17 heavy (non-hydrogen) atoms. The highest BCUT2D eigenvalue weighted by molar-refractivity contribution is 5.46. The molecule has 0 aliphatic heterocycles. The van der Waals surface area contributed by atoms with Crippen molar-refractivity contribution in [2.24, 2.45) is 0 Å². The Hall–Kier alpha value is -1.96. The number of hydrogen-bond acceptors (Lipinski definition) is 2. The monoisotopic (exact) mass is 228 g/mol. The molecule has 0 heterocycles. The first-order valence-corrected chi connectivity index (χ1v) is 5.64. The van der Waals surface area contributed by atoms with Gasteiger partial charge < -0.3 is 10.2 Å². The molecule has 0 aliphatic carbocycles. The summed E-state index contributed by atoms with van der Waals surface area (Å²) in [4.78, 5) is 0. The largest absolute Gasteiger partial charge is 0.508 e. The Morgan fingerprint density at radius 2 is 1.65 bits per heavy atom. The van der Waals surface area contributed by atoms with Gasteiger partial charge in [-0.1, -0.05) is 24.3 Å². The van der Waals surface area contributed by atoms with Gasteiger partial charge in [-0.15, -0.1) is 0 Å². The minimum absolute atomic E-state index is 0.270. The van der Waals surface area contributed by atoms with Crippen molar-refractivity contribution in [2.75, 3.05) is 0 Å². The van der Waals surface area contributed by atoms with Gasteiger partial charge >= 0.3 is 0 Å². The lowest BCUT2D eigenvalue weighted by Gasteiger charge is -2.11. The lowest BCUT2D eigenvalue weighted by molar-refractivity contribution is 0.462. The van der Waals surface area contributed by atoms with Crippen LogP contribution in [-0.2, 0) is 6.42 Å². The Labute approximate surface area is 101 Å². The van der Waals surface area contributed by atoms with Crippen LogP contribution >= 0.6 is 0 Å². The molecule has 0 radical (unpaired) electrons. The van der Waals surface area contributed by atoms with Gasteiger partial charge in [0, 0.05) is 12.0 Å². The van der Waals surface area contributed by atoms with Gasteiger partial charge in [0.25, 0.3) is 0 Å². The first kappa shape index (κ1) is 11.5. The third-order valence-corrected chi connectivity index (χ3v) is 2.95. The number of para-hydroxylation sites is 1. The Kier molecular flexibility index (Phi) is 3.05. The van der Waals surface area contributed by atoms with E-state index in [1.54, 1.807) is 18.2 Å². The van der Waals surface area contributed by atoms with Crippen LogP contribution in [0.2, 0.25) is 0 Å². The van der Waals surface area contributed by atoms with Crippen LogP contribution in [0.5, 0.6) is 11.5 Å². The predicted molar refractivity (Wildman–Crippen MR) is 68.5 cm³/mol. The molecule has 0 spiro atoms. The second-order valence-electron chi connectivity index (χ2n) is 4.38. The standard InChI is InChI=1S/C15H16O2/c1-10-7-11(2)13(15(17)8-10)9-12-5-3-4-6-14(12)16/h3-8,16-17H,9H2,1-2H3. The minimum atomic E-state index is 0.270. The normalized spacial score (nSPS) is 10.5. The molecule has 2 aromatic rings. The maximum atomic E-state index is 9.94. The first-order valence-electron chi connectivity index (χ1n) is 5.64. The number of aryl methyl sites for hydroxylation is 2. The Balaban J connectivity index is 2.40. The SMILES string of the molecule is Cc1cc(C)c(Cc2ccccc2O)c(O)c1. The van der Waals surface area contributed by atoms with Crippen molar-refractivity contribution >= 4 is 0 Å². The van der Waals surface area contributed by atoms with Crippen LogP contribution in [0.25, 0.3) is 0 Å². The van der Waals surface area contributed by atoms with E-state index in [4.69, 9.17) is 0 Å². The van der Waals surface area contributed by atoms with E-state index >= 15 is 0 Å². The fraction of sp³-hybridized carbons (Fsp3) is 0.200. The van der Waals surface area contributed by atoms with Crippen molar-refractivity contribution in [2.45, 2.75) is 20.3 Å². The van der Waals surface area contributed by atoms with E-state index in [9.17, 15) is 10.2 Å². The van der Waals surface area contributed by atoms with Crippen molar-refractivity contribution in [3.63, 3.8) is 0 Å². The zero-order valence-electron chi connectivity index (χ0n) is 10.1. The van der Waals surface area contributed by atoms with Crippen LogP contribution in [0.1, 0.15) is 22.3 Å². The summed E-state index contributed by atoms with van der Waals surface area (Å²) in [5.41, 5.74) is 3.79. The summed E-state index contributed by atoms with van der Waals surface area (Å²) < 4.78 is 0. The maximum Gasteiger partial charge on any atom is 0.119 e. The van der Waals surface area contributed by atoms with Gasteiger partial charge in [0.05, 0.1) is 0 Å². The van der Waals surface area contributed by atoms with E-state index in [2.05, 4.69) is 0 Å². The summed E-state index contributed by atoms with van der Waals surface area (Å²) in [6.07, 6.45) is 0.546. The zero-order valence-corrected chi connectivity index (χ0v) is 10.1. The van der Waals surface area contributed by atoms with Gasteiger partial charge in [-0.05, 0) is 42.7 Å². The molecule has 0 atom stereocenters. The van der Waals surface area contributed by atoms with Crippen molar-refractivity contribution in [1.29, 1.82) is 0 Å². The molecule has 0 bridgehead atoms. The molecule has 0 amide bonds. The maximum absolute atomic E-state index is 9.94. The molecule has 2 heteroatoms. The van der Waals surface area contributed by atoms with E-state index in [1.165, 1.54) is 0 Å². The molecule has 2 aromatic carbocycles. The van der Waals surface area contributed by atoms with E-state index in [0.717, 1.165) is 22.3 Å². The number of rotatable bonds is 2. The smallest absolute Gasteiger partial charge is 0.119 e. The number of phenols is 2. The van der Waals surface area contributed by atoms with E-state index in [1.807, 2.05) is 32.0 Å². The lowest BCUT2D eigenvalue weighted by Crippen LogP contribution is -1.94. The molecular formula is C15H16O2. The number of benzene rings is 2. The van der Waals surface area contributed by atoms with Gasteiger partial charge in [-0.3, -0.25) is 0 Å². The highest BCUT2D eigenvalue weighted by Gasteiger charge is 2.09. The zero-order chi connectivity index (χ0) is 12.4. The first-order chi connectivity index (χ1) is 8.08. The summed E-state index contributed by atoms with van der Waals surface area (Å²) in [7, 11) is 0. The third kappa shape index (κ3) is 2.41. The molecule has 2 N–H and O–H groups in total. The van der Waals surface area contributed by atoms with Crippen LogP contribution in [0.15, 0.2) is 36.4 Å². The van der Waals surface area contributed by atoms with Crippen LogP contribution in [0.3, 0.4) is 0 Å².